The van der Waals surface area contributed by atoms with Gasteiger partial charge in [0.15, 0.2) is 5.11 Å². The average Bonchev–Trinajstić information content (AvgIpc) is 3.17. The Morgan fingerprint density at radius 3 is 2.30 bits per heavy atom. The molecule has 0 unspecified atom stereocenters. The van der Waals surface area contributed by atoms with E-state index in [4.69, 9.17) is 17.0 Å². The maximum atomic E-state index is 13.2. The average molecular weight is 464 g/mol. The molecule has 1 aromatic heterocycles. The number of anilines is 1. The van der Waals surface area contributed by atoms with Crippen LogP contribution in [0.25, 0.3) is 16.7 Å². The van der Waals surface area contributed by atoms with Gasteiger partial charge in [0.2, 0.25) is 0 Å². The molecule has 33 heavy (non-hydrogen) atoms. The van der Waals surface area contributed by atoms with Crippen LogP contribution in [0.3, 0.4) is 0 Å². The summed E-state index contributed by atoms with van der Waals surface area (Å²) in [7, 11) is 0. The summed E-state index contributed by atoms with van der Waals surface area (Å²) >= 11 is 5.33. The third kappa shape index (κ3) is 5.32. The predicted molar refractivity (Wildman–Crippen MR) is 129 cm³/mol. The van der Waals surface area contributed by atoms with Crippen molar-refractivity contribution in [2.75, 3.05) is 5.32 Å². The number of nitrogens with zero attached hydrogens (tertiary/aromatic N) is 3. The van der Waals surface area contributed by atoms with E-state index in [0.29, 0.717) is 33.7 Å². The van der Waals surface area contributed by atoms with Gasteiger partial charge in [-0.25, -0.2) is 4.39 Å². The normalized spacial score (nSPS) is 10.9. The number of nitrogens with one attached hydrogen (secondary N) is 2. The lowest BCUT2D eigenvalue weighted by Gasteiger charge is -2.12. The van der Waals surface area contributed by atoms with Gasteiger partial charge in [-0.3, -0.25) is 10.1 Å². The second-order valence-corrected chi connectivity index (χ2v) is 8.13. The molecule has 0 bridgehead atoms. The van der Waals surface area contributed by atoms with Crippen LogP contribution >= 0.6 is 12.2 Å². The van der Waals surface area contributed by atoms with E-state index in [1.165, 1.54) is 16.9 Å². The smallest absolute Gasteiger partial charge is 0.257 e. The van der Waals surface area contributed by atoms with Crippen molar-refractivity contribution in [3.8, 4) is 11.4 Å². The molecule has 168 valence electrons. The molecule has 0 fully saturated rings. The van der Waals surface area contributed by atoms with E-state index in [1.54, 1.807) is 42.5 Å². The highest BCUT2D eigenvalue weighted by Gasteiger charge is 2.12. The fourth-order valence-corrected chi connectivity index (χ4v) is 3.38. The van der Waals surface area contributed by atoms with E-state index >= 15 is 0 Å². The Hall–Kier alpha value is -3.85. The van der Waals surface area contributed by atoms with E-state index < -0.39 is 0 Å². The molecular weight excluding hydrogens is 441 g/mol. The number of amides is 1. The summed E-state index contributed by atoms with van der Waals surface area (Å²) in [6.07, 6.45) is 0.0549. The Kier molecular flexibility index (Phi) is 6.32. The van der Waals surface area contributed by atoms with Gasteiger partial charge in [0, 0.05) is 11.3 Å². The quantitative estimate of drug-likeness (QED) is 0.415. The Bertz CT molecular complexity index is 1320. The zero-order valence-corrected chi connectivity index (χ0v) is 19.1. The van der Waals surface area contributed by atoms with Crippen molar-refractivity contribution in [1.29, 1.82) is 0 Å². The number of benzene rings is 3. The van der Waals surface area contributed by atoms with Crippen molar-refractivity contribution in [1.82, 2.24) is 20.3 Å². The van der Waals surface area contributed by atoms with Gasteiger partial charge < -0.3 is 10.1 Å². The minimum Gasteiger partial charge on any atom is -0.491 e. The van der Waals surface area contributed by atoms with E-state index in [0.717, 1.165) is 5.56 Å². The number of hydrogen-bond donors (Lipinski definition) is 2. The van der Waals surface area contributed by atoms with Crippen LogP contribution in [0.1, 0.15) is 29.8 Å². The molecule has 1 heterocycles. The Morgan fingerprint density at radius 1 is 1.03 bits per heavy atom. The van der Waals surface area contributed by atoms with Gasteiger partial charge in [0.25, 0.3) is 5.91 Å². The molecule has 0 saturated carbocycles. The minimum atomic E-state index is -0.329. The van der Waals surface area contributed by atoms with Crippen LogP contribution in [0.4, 0.5) is 10.1 Å². The summed E-state index contributed by atoms with van der Waals surface area (Å²) in [5, 5.41) is 14.8. The Morgan fingerprint density at radius 2 is 1.67 bits per heavy atom. The van der Waals surface area contributed by atoms with Crippen LogP contribution in [0.5, 0.6) is 5.75 Å². The van der Waals surface area contributed by atoms with Gasteiger partial charge >= 0.3 is 0 Å². The molecule has 0 aliphatic rings. The Balaban J connectivity index is 1.46. The highest BCUT2D eigenvalue weighted by Crippen LogP contribution is 2.22. The van der Waals surface area contributed by atoms with Crippen LogP contribution in [0.2, 0.25) is 0 Å². The summed E-state index contributed by atoms with van der Waals surface area (Å²) in [6, 6.07) is 16.4. The largest absolute Gasteiger partial charge is 0.491 e. The van der Waals surface area contributed by atoms with Crippen molar-refractivity contribution in [2.45, 2.75) is 26.9 Å². The zero-order valence-electron chi connectivity index (χ0n) is 18.3. The summed E-state index contributed by atoms with van der Waals surface area (Å²) in [5.74, 6) is 0.0395. The first-order valence-electron chi connectivity index (χ1n) is 10.3. The molecule has 0 radical (unpaired) electrons. The molecule has 7 nitrogen and oxygen atoms in total. The molecule has 0 saturated heterocycles. The highest BCUT2D eigenvalue weighted by molar-refractivity contribution is 7.80. The first-order chi connectivity index (χ1) is 15.8. The number of rotatable bonds is 5. The first-order valence-corrected chi connectivity index (χ1v) is 10.7. The van der Waals surface area contributed by atoms with Crippen molar-refractivity contribution in [3.05, 3.63) is 77.6 Å². The molecule has 9 heteroatoms. The molecule has 1 amide bonds. The minimum absolute atomic E-state index is 0.0549. The van der Waals surface area contributed by atoms with Crippen LogP contribution in [0, 0.1) is 12.7 Å². The lowest BCUT2D eigenvalue weighted by Crippen LogP contribution is -2.34. The number of halogens is 1. The van der Waals surface area contributed by atoms with Crippen molar-refractivity contribution in [2.24, 2.45) is 0 Å². The Labute approximate surface area is 195 Å². The van der Waals surface area contributed by atoms with Crippen LogP contribution in [-0.4, -0.2) is 32.1 Å². The predicted octanol–water partition coefficient (Wildman–Crippen LogP) is 4.78. The second-order valence-electron chi connectivity index (χ2n) is 7.72. The molecule has 4 rings (SSSR count). The van der Waals surface area contributed by atoms with E-state index in [2.05, 4.69) is 20.8 Å². The topological polar surface area (TPSA) is 81.1 Å². The fraction of sp³-hybridized carbons (Fsp3) is 0.167. The maximum Gasteiger partial charge on any atom is 0.257 e. The standard InChI is InChI=1S/C24H22FN5O2S/c1-14(2)32-19-10-4-16(5-11-19)23(31)27-24(33)26-20-13-22-21(12-15(20)3)28-30(29-22)18-8-6-17(25)7-9-18/h4-14H,1-3H3,(H2,26,27,31,33). The molecular formula is C24H22FN5O2S. The molecule has 4 aromatic rings. The lowest BCUT2D eigenvalue weighted by molar-refractivity contribution is 0.0977. The van der Waals surface area contributed by atoms with Crippen LogP contribution < -0.4 is 15.4 Å². The SMILES string of the molecule is Cc1cc2nn(-c3ccc(F)cc3)nc2cc1NC(=S)NC(=O)c1ccc(OC(C)C)cc1. The lowest BCUT2D eigenvalue weighted by atomic mass is 10.2. The van der Waals surface area contributed by atoms with Gasteiger partial charge in [-0.15, -0.1) is 10.2 Å². The van der Waals surface area contributed by atoms with Gasteiger partial charge in [-0.2, -0.15) is 4.80 Å². The molecule has 0 aliphatic heterocycles. The number of carbonyl (C=O) groups is 1. The number of thiocarbonyl (C=S) groups is 1. The zero-order chi connectivity index (χ0) is 23.5. The fourth-order valence-electron chi connectivity index (χ4n) is 3.18. The molecule has 2 N–H and O–H groups in total. The van der Waals surface area contributed by atoms with Gasteiger partial charge in [0.05, 0.1) is 11.8 Å². The molecule has 0 atom stereocenters. The maximum absolute atomic E-state index is 13.2. The van der Waals surface area contributed by atoms with E-state index in [9.17, 15) is 9.18 Å². The van der Waals surface area contributed by atoms with E-state index in [1.807, 2.05) is 26.8 Å². The number of fused-ring (bicyclic) bond motifs is 1. The van der Waals surface area contributed by atoms with E-state index in [-0.39, 0.29) is 22.9 Å². The monoisotopic (exact) mass is 463 g/mol. The van der Waals surface area contributed by atoms with Gasteiger partial charge in [0.1, 0.15) is 22.6 Å². The number of hydrogen-bond acceptors (Lipinski definition) is 5. The number of aryl methyl sites for hydroxylation is 1. The van der Waals surface area contributed by atoms with Gasteiger partial charge in [-0.1, -0.05) is 0 Å². The number of ether oxygens (including phenoxy) is 1. The van der Waals surface area contributed by atoms with Crippen LogP contribution in [0.15, 0.2) is 60.7 Å². The number of aromatic nitrogens is 3. The number of carbonyl (C=O) groups excluding carboxylic acids is 1. The summed E-state index contributed by atoms with van der Waals surface area (Å²) < 4.78 is 18.8. The summed E-state index contributed by atoms with van der Waals surface area (Å²) in [4.78, 5) is 14.0. The third-order valence-corrected chi connectivity index (χ3v) is 4.95. The second kappa shape index (κ2) is 9.33. The van der Waals surface area contributed by atoms with Crippen molar-refractivity contribution < 1.29 is 13.9 Å². The summed E-state index contributed by atoms with van der Waals surface area (Å²) in [6.45, 7) is 5.78. The first kappa shape index (κ1) is 22.3. The molecule has 0 spiro atoms. The molecule has 3 aromatic carbocycles. The van der Waals surface area contributed by atoms with Crippen LogP contribution in [-0.2, 0) is 0 Å². The summed E-state index contributed by atoms with van der Waals surface area (Å²) in [5.41, 5.74) is 3.99. The van der Waals surface area contributed by atoms with Crippen molar-refractivity contribution in [3.63, 3.8) is 0 Å². The molecule has 0 aliphatic carbocycles. The van der Waals surface area contributed by atoms with Crippen molar-refractivity contribution >= 4 is 40.0 Å². The third-order valence-electron chi connectivity index (χ3n) is 4.75. The highest BCUT2D eigenvalue weighted by atomic mass is 32.1. The van der Waals surface area contributed by atoms with Gasteiger partial charge in [-0.05, 0) is 99.2 Å².